The second kappa shape index (κ2) is 7.36. The van der Waals surface area contributed by atoms with Gasteiger partial charge in [0, 0.05) is 24.1 Å². The van der Waals surface area contributed by atoms with Crippen LogP contribution in [0.2, 0.25) is 0 Å². The summed E-state index contributed by atoms with van der Waals surface area (Å²) in [5.74, 6) is -0.215. The number of alkyl halides is 3. The standard InChI is InChI=1S/C21H19F3N2O3/c1-13(27)25-17-8-9-18-15(11-17)5-10-19(28)26(18)12-14-3-6-16(7-4-14)20(2,29)21(22,23)24/h3-11,29H,12H2,1-2H3,(H,25,27). The second-order valence-electron chi connectivity index (χ2n) is 6.98. The number of nitrogens with zero attached hydrogens (tertiary/aromatic N) is 1. The monoisotopic (exact) mass is 404 g/mol. The van der Waals surface area contributed by atoms with Crippen molar-refractivity contribution in [1.82, 2.24) is 4.57 Å². The minimum atomic E-state index is -4.80. The molecule has 0 saturated carbocycles. The van der Waals surface area contributed by atoms with Crippen LogP contribution in [0.25, 0.3) is 10.9 Å². The molecule has 2 N–H and O–H groups in total. The molecule has 3 aromatic rings. The van der Waals surface area contributed by atoms with E-state index in [4.69, 9.17) is 0 Å². The Balaban J connectivity index is 1.95. The predicted octanol–water partition coefficient (Wildman–Crippen LogP) is 3.78. The predicted molar refractivity (Wildman–Crippen MR) is 104 cm³/mol. The molecule has 0 fully saturated rings. The number of amides is 1. The van der Waals surface area contributed by atoms with Crippen LogP contribution in [0.1, 0.15) is 25.0 Å². The molecule has 152 valence electrons. The molecule has 0 radical (unpaired) electrons. The maximum Gasteiger partial charge on any atom is 0.421 e. The summed E-state index contributed by atoms with van der Waals surface area (Å²) >= 11 is 0. The van der Waals surface area contributed by atoms with Crippen molar-refractivity contribution in [1.29, 1.82) is 0 Å². The van der Waals surface area contributed by atoms with Gasteiger partial charge in [-0.05, 0) is 42.3 Å². The van der Waals surface area contributed by atoms with E-state index in [0.717, 1.165) is 5.39 Å². The number of fused-ring (bicyclic) bond motifs is 1. The van der Waals surface area contributed by atoms with Gasteiger partial charge in [0.05, 0.1) is 12.1 Å². The lowest BCUT2D eigenvalue weighted by molar-refractivity contribution is -0.258. The SMILES string of the molecule is CC(=O)Nc1ccc2c(ccc(=O)n2Cc2ccc(C(C)(O)C(F)(F)F)cc2)c1. The Morgan fingerprint density at radius 3 is 2.31 bits per heavy atom. The topological polar surface area (TPSA) is 71.3 Å². The highest BCUT2D eigenvalue weighted by molar-refractivity contribution is 5.92. The molecule has 2 aromatic carbocycles. The van der Waals surface area contributed by atoms with Crippen molar-refractivity contribution in [2.24, 2.45) is 0 Å². The molecule has 29 heavy (non-hydrogen) atoms. The highest BCUT2D eigenvalue weighted by Gasteiger charge is 2.51. The van der Waals surface area contributed by atoms with E-state index >= 15 is 0 Å². The molecule has 0 aliphatic heterocycles. The number of nitrogens with one attached hydrogen (secondary N) is 1. The van der Waals surface area contributed by atoms with E-state index in [9.17, 15) is 27.9 Å². The Labute approximate surface area is 164 Å². The van der Waals surface area contributed by atoms with E-state index in [1.165, 1.54) is 41.8 Å². The quantitative estimate of drug-likeness (QED) is 0.695. The number of carbonyl (C=O) groups excluding carboxylic acids is 1. The molecule has 1 unspecified atom stereocenters. The zero-order valence-electron chi connectivity index (χ0n) is 15.7. The summed E-state index contributed by atoms with van der Waals surface area (Å²) in [6.45, 7) is 2.24. The third-order valence-electron chi connectivity index (χ3n) is 4.72. The Hall–Kier alpha value is -3.13. The first kappa shape index (κ1) is 20.6. The molecule has 1 aromatic heterocycles. The van der Waals surface area contributed by atoms with E-state index < -0.39 is 11.8 Å². The van der Waals surface area contributed by atoms with Crippen molar-refractivity contribution in [3.05, 3.63) is 76.1 Å². The molecule has 3 rings (SSSR count). The van der Waals surface area contributed by atoms with Crippen LogP contribution in [0.15, 0.2) is 59.4 Å². The van der Waals surface area contributed by atoms with E-state index in [1.54, 1.807) is 24.3 Å². The highest BCUT2D eigenvalue weighted by atomic mass is 19.4. The van der Waals surface area contributed by atoms with Crippen molar-refractivity contribution >= 4 is 22.5 Å². The number of hydrogen-bond acceptors (Lipinski definition) is 3. The fourth-order valence-corrected chi connectivity index (χ4v) is 3.03. The number of anilines is 1. The third-order valence-corrected chi connectivity index (χ3v) is 4.72. The van der Waals surface area contributed by atoms with Crippen LogP contribution >= 0.6 is 0 Å². The van der Waals surface area contributed by atoms with Gasteiger partial charge in [-0.3, -0.25) is 9.59 Å². The third kappa shape index (κ3) is 4.17. The van der Waals surface area contributed by atoms with Crippen molar-refractivity contribution in [2.75, 3.05) is 5.32 Å². The Bertz CT molecular complexity index is 1120. The minimum Gasteiger partial charge on any atom is -0.376 e. The first-order chi connectivity index (χ1) is 13.5. The molecule has 0 aliphatic rings. The second-order valence-corrected chi connectivity index (χ2v) is 6.98. The van der Waals surface area contributed by atoms with E-state index in [-0.39, 0.29) is 23.6 Å². The summed E-state index contributed by atoms with van der Waals surface area (Å²) < 4.78 is 40.4. The Morgan fingerprint density at radius 1 is 1.07 bits per heavy atom. The number of benzene rings is 2. The van der Waals surface area contributed by atoms with Gasteiger partial charge >= 0.3 is 6.18 Å². The van der Waals surface area contributed by atoms with Gasteiger partial charge in [0.1, 0.15) is 0 Å². The molecule has 1 atom stereocenters. The van der Waals surface area contributed by atoms with Gasteiger partial charge in [0.25, 0.3) is 5.56 Å². The molecule has 0 aliphatic carbocycles. The summed E-state index contributed by atoms with van der Waals surface area (Å²) in [6, 6.07) is 13.4. The van der Waals surface area contributed by atoms with Gasteiger partial charge in [-0.25, -0.2) is 0 Å². The number of aliphatic hydroxyl groups is 1. The maximum absolute atomic E-state index is 13.0. The molecule has 8 heteroatoms. The summed E-state index contributed by atoms with van der Waals surface area (Å²) in [4.78, 5) is 23.6. The Kier molecular flexibility index (Phi) is 5.23. The molecule has 1 amide bonds. The summed E-state index contributed by atoms with van der Waals surface area (Å²) in [5.41, 5.74) is -1.68. The van der Waals surface area contributed by atoms with Crippen molar-refractivity contribution in [3.8, 4) is 0 Å². The summed E-state index contributed by atoms with van der Waals surface area (Å²) in [7, 11) is 0. The lowest BCUT2D eigenvalue weighted by Gasteiger charge is -2.26. The van der Waals surface area contributed by atoms with Crippen molar-refractivity contribution in [2.45, 2.75) is 32.2 Å². The smallest absolute Gasteiger partial charge is 0.376 e. The van der Waals surface area contributed by atoms with Crippen LogP contribution in [0.5, 0.6) is 0 Å². The fraction of sp³-hybridized carbons (Fsp3) is 0.238. The largest absolute Gasteiger partial charge is 0.421 e. The van der Waals surface area contributed by atoms with Crippen LogP contribution in [0.3, 0.4) is 0 Å². The Morgan fingerprint density at radius 2 is 1.72 bits per heavy atom. The number of halogens is 3. The number of carbonyl (C=O) groups is 1. The molecular formula is C21H19F3N2O3. The van der Waals surface area contributed by atoms with Gasteiger partial charge < -0.3 is 15.0 Å². The normalized spacial score (nSPS) is 13.9. The van der Waals surface area contributed by atoms with Crippen LogP contribution in [-0.4, -0.2) is 21.8 Å². The van der Waals surface area contributed by atoms with Crippen LogP contribution in [0, 0.1) is 0 Å². The number of rotatable bonds is 4. The maximum atomic E-state index is 13.0. The first-order valence-corrected chi connectivity index (χ1v) is 8.79. The van der Waals surface area contributed by atoms with Gasteiger partial charge in [-0.2, -0.15) is 13.2 Å². The van der Waals surface area contributed by atoms with Gasteiger partial charge in [-0.15, -0.1) is 0 Å². The molecule has 0 spiro atoms. The van der Waals surface area contributed by atoms with Crippen molar-refractivity contribution in [3.63, 3.8) is 0 Å². The zero-order valence-corrected chi connectivity index (χ0v) is 15.7. The van der Waals surface area contributed by atoms with Crippen LogP contribution in [0.4, 0.5) is 18.9 Å². The van der Waals surface area contributed by atoms with Crippen molar-refractivity contribution < 1.29 is 23.1 Å². The summed E-state index contributed by atoms with van der Waals surface area (Å²) in [6.07, 6.45) is -4.80. The number of aromatic nitrogens is 1. The molecule has 0 saturated heterocycles. The van der Waals surface area contributed by atoms with Crippen LogP contribution < -0.4 is 10.9 Å². The lowest BCUT2D eigenvalue weighted by atomic mass is 9.94. The molecular weight excluding hydrogens is 385 g/mol. The lowest BCUT2D eigenvalue weighted by Crippen LogP contribution is -2.39. The highest BCUT2D eigenvalue weighted by Crippen LogP contribution is 2.38. The molecule has 5 nitrogen and oxygen atoms in total. The van der Waals surface area contributed by atoms with Gasteiger partial charge in [-0.1, -0.05) is 24.3 Å². The fourth-order valence-electron chi connectivity index (χ4n) is 3.03. The molecule has 1 heterocycles. The zero-order chi connectivity index (χ0) is 21.4. The average Bonchev–Trinajstić information content (AvgIpc) is 2.63. The van der Waals surface area contributed by atoms with E-state index in [1.807, 2.05) is 0 Å². The number of pyridine rings is 1. The minimum absolute atomic E-state index is 0.143. The van der Waals surface area contributed by atoms with Gasteiger partial charge in [0.2, 0.25) is 5.91 Å². The summed E-state index contributed by atoms with van der Waals surface area (Å²) in [5, 5.41) is 13.2. The van der Waals surface area contributed by atoms with Crippen LogP contribution in [-0.2, 0) is 16.9 Å². The number of hydrogen-bond donors (Lipinski definition) is 2. The van der Waals surface area contributed by atoms with E-state index in [0.29, 0.717) is 23.7 Å². The van der Waals surface area contributed by atoms with Gasteiger partial charge in [0.15, 0.2) is 5.60 Å². The average molecular weight is 404 g/mol. The van der Waals surface area contributed by atoms with E-state index in [2.05, 4.69) is 5.32 Å². The molecule has 0 bridgehead atoms. The first-order valence-electron chi connectivity index (χ1n) is 8.79.